The highest BCUT2D eigenvalue weighted by Gasteiger charge is 2.07. The van der Waals surface area contributed by atoms with E-state index >= 15 is 0 Å². The molecular weight excluding hydrogens is 277 g/mol. The summed E-state index contributed by atoms with van der Waals surface area (Å²) in [6, 6.07) is 4.62. The van der Waals surface area contributed by atoms with Crippen molar-refractivity contribution in [3.63, 3.8) is 0 Å². The Hall–Kier alpha value is -1.46. The second-order valence-electron chi connectivity index (χ2n) is 3.61. The van der Waals surface area contributed by atoms with E-state index in [9.17, 15) is 4.79 Å². The Morgan fingerprint density at radius 2 is 1.94 bits per heavy atom. The Labute approximate surface area is 115 Å². The third-order valence-corrected chi connectivity index (χ3v) is 2.58. The fourth-order valence-corrected chi connectivity index (χ4v) is 1.83. The molecule has 1 aromatic carbocycles. The first-order valence-corrected chi connectivity index (χ1v) is 5.99. The molecule has 0 aliphatic carbocycles. The predicted octanol–water partition coefficient (Wildman–Crippen LogP) is 2.25. The van der Waals surface area contributed by atoms with E-state index in [-0.39, 0.29) is 11.7 Å². The molecule has 4 N–H and O–H groups in total. The lowest BCUT2D eigenvalue weighted by Crippen LogP contribution is -2.25. The van der Waals surface area contributed by atoms with Gasteiger partial charge in [-0.15, -0.1) is 0 Å². The van der Waals surface area contributed by atoms with Crippen LogP contribution < -0.4 is 11.1 Å². The molecule has 0 aliphatic heterocycles. The number of carbonyl (C=O) groups is 1. The summed E-state index contributed by atoms with van der Waals surface area (Å²) in [6.07, 6.45) is 0.989. The molecule has 98 valence electrons. The van der Waals surface area contributed by atoms with E-state index in [1.807, 2.05) is 0 Å². The van der Waals surface area contributed by atoms with Crippen LogP contribution in [0.3, 0.4) is 0 Å². The van der Waals surface area contributed by atoms with Crippen LogP contribution in [0.15, 0.2) is 23.4 Å². The van der Waals surface area contributed by atoms with Gasteiger partial charge >= 0.3 is 0 Å². The third kappa shape index (κ3) is 4.81. The number of nitrogens with zero attached hydrogens (tertiary/aromatic N) is 1. The summed E-state index contributed by atoms with van der Waals surface area (Å²) in [6.45, 7) is 0.416. The summed E-state index contributed by atoms with van der Waals surface area (Å²) in [5.74, 6) is -0.131. The molecule has 1 aromatic rings. The molecule has 0 radical (unpaired) electrons. The van der Waals surface area contributed by atoms with Crippen LogP contribution in [-0.2, 0) is 0 Å². The van der Waals surface area contributed by atoms with Crippen LogP contribution in [0.2, 0.25) is 10.0 Å². The molecule has 1 rings (SSSR count). The number of nitrogens with two attached hydrogens (primary N) is 1. The summed E-state index contributed by atoms with van der Waals surface area (Å²) < 4.78 is 0. The van der Waals surface area contributed by atoms with Crippen molar-refractivity contribution in [2.45, 2.75) is 12.8 Å². The summed E-state index contributed by atoms with van der Waals surface area (Å²) in [4.78, 5) is 11.7. The maximum absolute atomic E-state index is 11.7. The Balaban J connectivity index is 2.46. The lowest BCUT2D eigenvalue weighted by atomic mass is 10.2. The highest BCUT2D eigenvalue weighted by molar-refractivity contribution is 6.35. The molecular formula is C11H13Cl2N3O2. The molecule has 7 heteroatoms. The summed E-state index contributed by atoms with van der Waals surface area (Å²) in [5, 5.41) is 14.7. The Kier molecular flexibility index (Phi) is 5.74. The van der Waals surface area contributed by atoms with Gasteiger partial charge in [0.25, 0.3) is 5.91 Å². The van der Waals surface area contributed by atoms with Gasteiger partial charge in [0.2, 0.25) is 0 Å². The first-order chi connectivity index (χ1) is 8.52. The molecule has 0 fully saturated rings. The van der Waals surface area contributed by atoms with Crippen LogP contribution in [-0.4, -0.2) is 23.5 Å². The van der Waals surface area contributed by atoms with Gasteiger partial charge in [0.1, 0.15) is 5.84 Å². The van der Waals surface area contributed by atoms with Crippen molar-refractivity contribution in [1.29, 1.82) is 0 Å². The smallest absolute Gasteiger partial charge is 0.251 e. The fraction of sp³-hybridized carbons (Fsp3) is 0.273. The van der Waals surface area contributed by atoms with Gasteiger partial charge in [-0.2, -0.15) is 0 Å². The van der Waals surface area contributed by atoms with Crippen LogP contribution in [0.1, 0.15) is 23.2 Å². The lowest BCUT2D eigenvalue weighted by molar-refractivity contribution is 0.0953. The van der Waals surface area contributed by atoms with Crippen molar-refractivity contribution in [2.24, 2.45) is 10.9 Å². The Morgan fingerprint density at radius 3 is 2.50 bits per heavy atom. The maximum atomic E-state index is 11.7. The molecule has 0 saturated carbocycles. The van der Waals surface area contributed by atoms with Crippen LogP contribution in [0, 0.1) is 0 Å². The quantitative estimate of drug-likeness (QED) is 0.255. The second kappa shape index (κ2) is 7.08. The standard InChI is InChI=1S/C11H13Cl2N3O2/c12-8-4-7(5-9(13)6-8)11(17)15-3-1-2-10(14)16-18/h4-6,18H,1-3H2,(H2,14,16)(H,15,17). The average molecular weight is 290 g/mol. The summed E-state index contributed by atoms with van der Waals surface area (Å²) >= 11 is 11.6. The predicted molar refractivity (Wildman–Crippen MR) is 71.4 cm³/mol. The van der Waals surface area contributed by atoms with Gasteiger partial charge in [-0.05, 0) is 24.6 Å². The second-order valence-corrected chi connectivity index (χ2v) is 4.48. The molecule has 1 amide bonds. The molecule has 0 aliphatic rings. The van der Waals surface area contributed by atoms with Crippen molar-refractivity contribution in [1.82, 2.24) is 5.32 Å². The van der Waals surface area contributed by atoms with Gasteiger partial charge < -0.3 is 16.3 Å². The van der Waals surface area contributed by atoms with Crippen molar-refractivity contribution in [2.75, 3.05) is 6.54 Å². The number of hydrogen-bond donors (Lipinski definition) is 3. The van der Waals surface area contributed by atoms with E-state index in [0.717, 1.165) is 0 Å². The summed E-state index contributed by atoms with van der Waals surface area (Å²) in [5.41, 5.74) is 5.69. The number of rotatable bonds is 5. The highest BCUT2D eigenvalue weighted by Crippen LogP contribution is 2.18. The molecule has 0 heterocycles. The topological polar surface area (TPSA) is 87.7 Å². The number of carbonyl (C=O) groups excluding carboxylic acids is 1. The molecule has 0 atom stereocenters. The number of hydrogen-bond acceptors (Lipinski definition) is 3. The van der Waals surface area contributed by atoms with Gasteiger partial charge in [0.05, 0.1) is 0 Å². The molecule has 0 saturated heterocycles. The number of nitrogens with one attached hydrogen (secondary N) is 1. The van der Waals surface area contributed by atoms with E-state index in [2.05, 4.69) is 10.5 Å². The lowest BCUT2D eigenvalue weighted by Gasteiger charge is -2.05. The zero-order valence-electron chi connectivity index (χ0n) is 9.49. The van der Waals surface area contributed by atoms with Crippen molar-refractivity contribution < 1.29 is 10.0 Å². The highest BCUT2D eigenvalue weighted by atomic mass is 35.5. The van der Waals surface area contributed by atoms with Gasteiger partial charge in [0, 0.05) is 28.6 Å². The minimum atomic E-state index is -0.265. The monoisotopic (exact) mass is 289 g/mol. The van der Waals surface area contributed by atoms with E-state index in [4.69, 9.17) is 34.1 Å². The zero-order valence-corrected chi connectivity index (χ0v) is 11.0. The third-order valence-electron chi connectivity index (χ3n) is 2.15. The molecule has 18 heavy (non-hydrogen) atoms. The van der Waals surface area contributed by atoms with Crippen molar-refractivity contribution in [3.8, 4) is 0 Å². The number of amidine groups is 1. The largest absolute Gasteiger partial charge is 0.409 e. The Morgan fingerprint density at radius 1 is 1.33 bits per heavy atom. The molecule has 5 nitrogen and oxygen atoms in total. The number of halogens is 2. The van der Waals surface area contributed by atoms with Gasteiger partial charge in [-0.25, -0.2) is 0 Å². The molecule has 0 bridgehead atoms. The average Bonchev–Trinajstić information content (AvgIpc) is 2.32. The van der Waals surface area contributed by atoms with E-state index in [0.29, 0.717) is 35.0 Å². The first-order valence-electron chi connectivity index (χ1n) is 5.23. The first kappa shape index (κ1) is 14.6. The minimum Gasteiger partial charge on any atom is -0.409 e. The molecule has 0 unspecified atom stereocenters. The number of benzene rings is 1. The van der Waals surface area contributed by atoms with Crippen LogP contribution >= 0.6 is 23.2 Å². The van der Waals surface area contributed by atoms with Crippen LogP contribution in [0.5, 0.6) is 0 Å². The fourth-order valence-electron chi connectivity index (χ4n) is 1.31. The molecule has 0 aromatic heterocycles. The van der Waals surface area contributed by atoms with Crippen molar-refractivity contribution >= 4 is 34.9 Å². The zero-order chi connectivity index (χ0) is 13.5. The molecule has 0 spiro atoms. The summed E-state index contributed by atoms with van der Waals surface area (Å²) in [7, 11) is 0. The van der Waals surface area contributed by atoms with Gasteiger partial charge in [-0.3, -0.25) is 4.79 Å². The normalized spacial score (nSPS) is 11.3. The van der Waals surface area contributed by atoms with Crippen LogP contribution in [0.25, 0.3) is 0 Å². The van der Waals surface area contributed by atoms with Gasteiger partial charge in [0.15, 0.2) is 0 Å². The maximum Gasteiger partial charge on any atom is 0.251 e. The SMILES string of the molecule is N/C(CCCNC(=O)c1cc(Cl)cc(Cl)c1)=N/O. The van der Waals surface area contributed by atoms with E-state index in [1.54, 1.807) is 6.07 Å². The number of amides is 1. The van der Waals surface area contributed by atoms with E-state index in [1.165, 1.54) is 12.1 Å². The Bertz CT molecular complexity index is 443. The van der Waals surface area contributed by atoms with E-state index < -0.39 is 0 Å². The van der Waals surface area contributed by atoms with Crippen LogP contribution in [0.4, 0.5) is 0 Å². The minimum absolute atomic E-state index is 0.134. The van der Waals surface area contributed by atoms with Crippen molar-refractivity contribution in [3.05, 3.63) is 33.8 Å². The number of oxime groups is 1. The van der Waals surface area contributed by atoms with Gasteiger partial charge in [-0.1, -0.05) is 28.4 Å².